The topological polar surface area (TPSA) is 64.0 Å². The van der Waals surface area contributed by atoms with E-state index in [0.29, 0.717) is 27.2 Å². The van der Waals surface area contributed by atoms with Crippen molar-refractivity contribution in [2.24, 2.45) is 0 Å². The maximum absolute atomic E-state index is 12.3. The predicted molar refractivity (Wildman–Crippen MR) is 92.4 cm³/mol. The summed E-state index contributed by atoms with van der Waals surface area (Å²) in [5.74, 6) is 0.537. The van der Waals surface area contributed by atoms with Crippen molar-refractivity contribution in [3.8, 4) is 0 Å². The summed E-state index contributed by atoms with van der Waals surface area (Å²) < 4.78 is 1.63. The number of thioether (sulfide) groups is 1. The standard InChI is InChI=1S/C16H16ClN3O2S/c1-9-3-4-11(17)5-13(9)19-14(21)6-12-8-23-16-18-7-10(2)15(22)20(12)16/h3-5,7,12H,6,8H2,1-2H3,(H,19,21). The number of hydrogen-bond donors (Lipinski definition) is 1. The maximum Gasteiger partial charge on any atom is 0.257 e. The van der Waals surface area contributed by atoms with Crippen LogP contribution in [0.15, 0.2) is 34.3 Å². The van der Waals surface area contributed by atoms with E-state index in [0.717, 1.165) is 5.56 Å². The molecule has 2 heterocycles. The third kappa shape index (κ3) is 3.28. The van der Waals surface area contributed by atoms with Crippen molar-refractivity contribution in [1.29, 1.82) is 0 Å². The molecule has 0 bridgehead atoms. The highest BCUT2D eigenvalue weighted by Gasteiger charge is 2.27. The van der Waals surface area contributed by atoms with E-state index in [-0.39, 0.29) is 23.9 Å². The van der Waals surface area contributed by atoms with E-state index in [1.54, 1.807) is 29.8 Å². The van der Waals surface area contributed by atoms with Crippen molar-refractivity contribution in [3.05, 3.63) is 50.9 Å². The van der Waals surface area contributed by atoms with Gasteiger partial charge < -0.3 is 5.32 Å². The minimum absolute atomic E-state index is 0.0725. The highest BCUT2D eigenvalue weighted by molar-refractivity contribution is 7.99. The largest absolute Gasteiger partial charge is 0.326 e. The zero-order valence-electron chi connectivity index (χ0n) is 12.8. The Morgan fingerprint density at radius 1 is 1.43 bits per heavy atom. The minimum Gasteiger partial charge on any atom is -0.326 e. The average molecular weight is 350 g/mol. The molecular weight excluding hydrogens is 334 g/mol. The van der Waals surface area contributed by atoms with Crippen LogP contribution >= 0.6 is 23.4 Å². The van der Waals surface area contributed by atoms with Crippen LogP contribution in [0.4, 0.5) is 5.69 Å². The number of benzene rings is 1. The molecule has 1 N–H and O–H groups in total. The van der Waals surface area contributed by atoms with Crippen LogP contribution in [0.1, 0.15) is 23.6 Å². The Labute approximate surface area is 143 Å². The lowest BCUT2D eigenvalue weighted by atomic mass is 10.1. The van der Waals surface area contributed by atoms with Crippen molar-refractivity contribution >= 4 is 35.0 Å². The van der Waals surface area contributed by atoms with Gasteiger partial charge in [-0.05, 0) is 31.5 Å². The lowest BCUT2D eigenvalue weighted by Crippen LogP contribution is -2.28. The van der Waals surface area contributed by atoms with Gasteiger partial charge in [0.2, 0.25) is 5.91 Å². The van der Waals surface area contributed by atoms with Crippen LogP contribution < -0.4 is 10.9 Å². The molecule has 120 valence electrons. The van der Waals surface area contributed by atoms with Crippen LogP contribution in [0.2, 0.25) is 5.02 Å². The Morgan fingerprint density at radius 2 is 2.22 bits per heavy atom. The third-order valence-corrected chi connectivity index (χ3v) is 5.14. The van der Waals surface area contributed by atoms with E-state index in [4.69, 9.17) is 11.6 Å². The number of rotatable bonds is 3. The van der Waals surface area contributed by atoms with E-state index >= 15 is 0 Å². The van der Waals surface area contributed by atoms with Gasteiger partial charge in [0.05, 0.1) is 6.04 Å². The molecule has 0 saturated carbocycles. The second-order valence-electron chi connectivity index (χ2n) is 5.58. The molecule has 5 nitrogen and oxygen atoms in total. The summed E-state index contributed by atoms with van der Waals surface area (Å²) in [5.41, 5.74) is 2.16. The highest BCUT2D eigenvalue weighted by Crippen LogP contribution is 2.32. The lowest BCUT2D eigenvalue weighted by molar-refractivity contribution is -0.116. The number of hydrogen-bond acceptors (Lipinski definition) is 4. The van der Waals surface area contributed by atoms with Gasteiger partial charge in [-0.1, -0.05) is 29.4 Å². The molecule has 0 saturated heterocycles. The molecule has 0 aliphatic carbocycles. The van der Waals surface area contributed by atoms with Crippen molar-refractivity contribution < 1.29 is 4.79 Å². The van der Waals surface area contributed by atoms with Gasteiger partial charge in [0.25, 0.3) is 5.56 Å². The smallest absolute Gasteiger partial charge is 0.257 e. The molecule has 1 atom stereocenters. The Hall–Kier alpha value is -1.79. The summed E-state index contributed by atoms with van der Waals surface area (Å²) >= 11 is 7.47. The average Bonchev–Trinajstić information content (AvgIpc) is 2.90. The number of aromatic nitrogens is 2. The number of amides is 1. The normalized spacial score (nSPS) is 16.2. The zero-order chi connectivity index (χ0) is 16.6. The van der Waals surface area contributed by atoms with Gasteiger partial charge in [-0.25, -0.2) is 4.98 Å². The highest BCUT2D eigenvalue weighted by atomic mass is 35.5. The summed E-state index contributed by atoms with van der Waals surface area (Å²) in [4.78, 5) is 28.9. The number of halogens is 1. The summed E-state index contributed by atoms with van der Waals surface area (Å²) in [6.45, 7) is 3.64. The molecule has 3 rings (SSSR count). The van der Waals surface area contributed by atoms with E-state index < -0.39 is 0 Å². The summed E-state index contributed by atoms with van der Waals surface area (Å²) in [6.07, 6.45) is 1.82. The van der Waals surface area contributed by atoms with E-state index in [1.165, 1.54) is 11.8 Å². The molecule has 0 spiro atoms. The molecule has 1 amide bonds. The van der Waals surface area contributed by atoms with Crippen LogP contribution in [-0.4, -0.2) is 21.2 Å². The molecular formula is C16H16ClN3O2S. The molecule has 23 heavy (non-hydrogen) atoms. The number of nitrogens with one attached hydrogen (secondary N) is 1. The fraction of sp³-hybridized carbons (Fsp3) is 0.312. The quantitative estimate of drug-likeness (QED) is 0.864. The molecule has 1 aliphatic heterocycles. The molecule has 7 heteroatoms. The molecule has 2 aromatic rings. The SMILES string of the molecule is Cc1ccc(Cl)cc1NC(=O)CC1CSc2ncc(C)c(=O)n21. The molecule has 1 aromatic carbocycles. The monoisotopic (exact) mass is 349 g/mol. The van der Waals surface area contributed by atoms with Crippen LogP contribution in [-0.2, 0) is 4.79 Å². The van der Waals surface area contributed by atoms with Crippen LogP contribution in [0.3, 0.4) is 0 Å². The Morgan fingerprint density at radius 3 is 3.00 bits per heavy atom. The summed E-state index contributed by atoms with van der Waals surface area (Å²) in [6, 6.07) is 5.19. The Balaban J connectivity index is 1.77. The van der Waals surface area contributed by atoms with Crippen molar-refractivity contribution in [2.75, 3.05) is 11.1 Å². The second-order valence-corrected chi connectivity index (χ2v) is 7.00. The third-order valence-electron chi connectivity index (χ3n) is 3.80. The van der Waals surface area contributed by atoms with Gasteiger partial charge in [0.1, 0.15) is 0 Å². The van der Waals surface area contributed by atoms with Crippen LogP contribution in [0.25, 0.3) is 0 Å². The Bertz CT molecular complexity index is 835. The summed E-state index contributed by atoms with van der Waals surface area (Å²) in [7, 11) is 0. The van der Waals surface area contributed by atoms with E-state index in [2.05, 4.69) is 10.3 Å². The van der Waals surface area contributed by atoms with Crippen molar-refractivity contribution in [2.45, 2.75) is 31.5 Å². The van der Waals surface area contributed by atoms with Gasteiger partial charge >= 0.3 is 0 Å². The first-order valence-electron chi connectivity index (χ1n) is 7.22. The van der Waals surface area contributed by atoms with Gasteiger partial charge in [0, 0.05) is 34.6 Å². The van der Waals surface area contributed by atoms with Crippen molar-refractivity contribution in [3.63, 3.8) is 0 Å². The van der Waals surface area contributed by atoms with E-state index in [1.807, 2.05) is 13.0 Å². The first-order valence-corrected chi connectivity index (χ1v) is 8.59. The van der Waals surface area contributed by atoms with Gasteiger partial charge in [-0.15, -0.1) is 0 Å². The van der Waals surface area contributed by atoms with E-state index in [9.17, 15) is 9.59 Å². The summed E-state index contributed by atoms with van der Waals surface area (Å²) in [5, 5.41) is 4.13. The zero-order valence-corrected chi connectivity index (χ0v) is 14.4. The number of carbonyl (C=O) groups excluding carboxylic acids is 1. The fourth-order valence-electron chi connectivity index (χ4n) is 2.51. The van der Waals surface area contributed by atoms with Gasteiger partial charge in [0.15, 0.2) is 5.16 Å². The Kier molecular flexibility index (Phi) is 4.46. The maximum atomic E-state index is 12.3. The minimum atomic E-state index is -0.172. The van der Waals surface area contributed by atoms with Crippen LogP contribution in [0.5, 0.6) is 0 Å². The molecule has 1 unspecified atom stereocenters. The second kappa shape index (κ2) is 6.37. The number of nitrogens with zero attached hydrogens (tertiary/aromatic N) is 2. The lowest BCUT2D eigenvalue weighted by Gasteiger charge is -2.14. The molecule has 1 aromatic heterocycles. The first-order chi connectivity index (χ1) is 11.0. The number of carbonyl (C=O) groups is 1. The van der Waals surface area contributed by atoms with Crippen molar-refractivity contribution in [1.82, 2.24) is 9.55 Å². The van der Waals surface area contributed by atoms with Crippen LogP contribution in [0, 0.1) is 13.8 Å². The molecule has 0 fully saturated rings. The number of aryl methyl sites for hydroxylation is 2. The molecule has 0 radical (unpaired) electrons. The molecule has 1 aliphatic rings. The predicted octanol–water partition coefficient (Wildman–Crippen LogP) is 3.19. The fourth-order valence-corrected chi connectivity index (χ4v) is 3.79. The number of anilines is 1. The van der Waals surface area contributed by atoms with Gasteiger partial charge in [-0.3, -0.25) is 14.2 Å². The first kappa shape index (κ1) is 16.1. The number of fused-ring (bicyclic) bond motifs is 1. The van der Waals surface area contributed by atoms with Gasteiger partial charge in [-0.2, -0.15) is 0 Å².